The molecule has 1 aromatic carbocycles. The van der Waals surface area contributed by atoms with Crippen LogP contribution in [0.15, 0.2) is 18.2 Å². The first-order chi connectivity index (χ1) is 9.61. The molecule has 5 nitrogen and oxygen atoms in total. The number of rotatable bonds is 4. The Balaban J connectivity index is 0.00000220. The summed E-state index contributed by atoms with van der Waals surface area (Å²) in [4.78, 5) is 13.6. The summed E-state index contributed by atoms with van der Waals surface area (Å²) in [6, 6.07) is 5.78. The van der Waals surface area contributed by atoms with Crippen LogP contribution in [-0.4, -0.2) is 39.4 Å². The molecule has 6 heteroatoms. The second kappa shape index (κ2) is 8.22. The van der Waals surface area contributed by atoms with Gasteiger partial charge in [-0.05, 0) is 24.1 Å². The molecular formula is C15H23ClN2O3. The van der Waals surface area contributed by atoms with Gasteiger partial charge in [-0.1, -0.05) is 12.1 Å². The molecule has 1 atom stereocenters. The van der Waals surface area contributed by atoms with Crippen molar-refractivity contribution in [3.05, 3.63) is 29.3 Å². The molecule has 0 amide bonds. The molecule has 1 fully saturated rings. The first-order valence-corrected chi connectivity index (χ1v) is 6.87. The quantitative estimate of drug-likeness (QED) is 0.859. The molecule has 1 heterocycles. The highest BCUT2D eigenvalue weighted by molar-refractivity contribution is 5.85. The average Bonchev–Trinajstić information content (AvgIpc) is 2.48. The van der Waals surface area contributed by atoms with Crippen molar-refractivity contribution < 1.29 is 14.3 Å². The van der Waals surface area contributed by atoms with Crippen molar-refractivity contribution in [1.82, 2.24) is 0 Å². The van der Waals surface area contributed by atoms with E-state index >= 15 is 0 Å². The molecule has 21 heavy (non-hydrogen) atoms. The molecule has 0 saturated carbocycles. The Morgan fingerprint density at radius 2 is 2.10 bits per heavy atom. The summed E-state index contributed by atoms with van der Waals surface area (Å²) < 4.78 is 10.0. The van der Waals surface area contributed by atoms with Crippen molar-refractivity contribution in [3.8, 4) is 0 Å². The molecule has 0 aliphatic carbocycles. The fraction of sp³-hybridized carbons (Fsp3) is 0.533. The molecule has 1 unspecified atom stereocenters. The SMILES string of the molecule is COC(=O)CC(N)c1ccc(C)c(N2CCOCC2)c1.Cl. The van der Waals surface area contributed by atoms with Gasteiger partial charge >= 0.3 is 5.97 Å². The standard InChI is InChI=1S/C15H22N2O3.ClH/c1-11-3-4-12(13(16)10-15(18)19-2)9-14(11)17-5-7-20-8-6-17;/h3-4,9,13H,5-8,10,16H2,1-2H3;1H. The van der Waals surface area contributed by atoms with Gasteiger partial charge in [0, 0.05) is 24.8 Å². The number of ether oxygens (including phenoxy) is 2. The third kappa shape index (κ3) is 4.59. The number of halogens is 1. The molecular weight excluding hydrogens is 292 g/mol. The Hall–Kier alpha value is -1.30. The largest absolute Gasteiger partial charge is 0.469 e. The minimum atomic E-state index is -0.331. The molecule has 0 spiro atoms. The van der Waals surface area contributed by atoms with Gasteiger partial charge in [0.25, 0.3) is 0 Å². The van der Waals surface area contributed by atoms with Crippen LogP contribution < -0.4 is 10.6 Å². The number of hydrogen-bond acceptors (Lipinski definition) is 5. The predicted octanol–water partition coefficient (Wildman–Crippen LogP) is 1.82. The van der Waals surface area contributed by atoms with Crippen LogP contribution in [0.2, 0.25) is 0 Å². The van der Waals surface area contributed by atoms with Gasteiger partial charge in [-0.25, -0.2) is 0 Å². The van der Waals surface area contributed by atoms with E-state index in [0.29, 0.717) is 0 Å². The van der Waals surface area contributed by atoms with E-state index in [9.17, 15) is 4.79 Å². The van der Waals surface area contributed by atoms with E-state index in [1.54, 1.807) is 0 Å². The van der Waals surface area contributed by atoms with Crippen molar-refractivity contribution in [2.45, 2.75) is 19.4 Å². The van der Waals surface area contributed by atoms with Gasteiger partial charge in [0.15, 0.2) is 0 Å². The summed E-state index contributed by atoms with van der Waals surface area (Å²) in [6.45, 7) is 5.35. The van der Waals surface area contributed by atoms with Crippen LogP contribution in [0.25, 0.3) is 0 Å². The molecule has 0 aromatic heterocycles. The number of nitrogens with two attached hydrogens (primary N) is 1. The molecule has 118 valence electrons. The zero-order chi connectivity index (χ0) is 14.5. The summed E-state index contributed by atoms with van der Waals surface area (Å²) in [5, 5.41) is 0. The molecule has 1 aromatic rings. The number of benzene rings is 1. The Morgan fingerprint density at radius 3 is 2.71 bits per heavy atom. The van der Waals surface area contributed by atoms with E-state index < -0.39 is 0 Å². The van der Waals surface area contributed by atoms with Crippen LogP contribution in [0.3, 0.4) is 0 Å². The number of carbonyl (C=O) groups excluding carboxylic acids is 1. The van der Waals surface area contributed by atoms with E-state index in [4.69, 9.17) is 10.5 Å². The maximum atomic E-state index is 11.3. The van der Waals surface area contributed by atoms with E-state index in [1.165, 1.54) is 18.4 Å². The molecule has 2 rings (SSSR count). The van der Waals surface area contributed by atoms with Crippen molar-refractivity contribution in [3.63, 3.8) is 0 Å². The summed E-state index contributed by atoms with van der Waals surface area (Å²) in [7, 11) is 1.38. The number of carbonyl (C=O) groups is 1. The number of hydrogen-bond donors (Lipinski definition) is 1. The lowest BCUT2D eigenvalue weighted by molar-refractivity contribution is -0.141. The van der Waals surface area contributed by atoms with Crippen LogP contribution in [-0.2, 0) is 14.3 Å². The molecule has 0 radical (unpaired) electrons. The number of esters is 1. The lowest BCUT2D eigenvalue weighted by Gasteiger charge is -2.30. The number of morpholine rings is 1. The normalized spacial score (nSPS) is 16.0. The number of nitrogens with zero attached hydrogens (tertiary/aromatic N) is 1. The zero-order valence-electron chi connectivity index (χ0n) is 12.5. The van der Waals surface area contributed by atoms with Gasteiger partial charge in [0.05, 0.1) is 26.7 Å². The van der Waals surface area contributed by atoms with Gasteiger partial charge in [0.2, 0.25) is 0 Å². The molecule has 0 bridgehead atoms. The lowest BCUT2D eigenvalue weighted by atomic mass is 10.0. The summed E-state index contributed by atoms with van der Waals surface area (Å²) >= 11 is 0. The predicted molar refractivity (Wildman–Crippen MR) is 85.0 cm³/mol. The highest BCUT2D eigenvalue weighted by Gasteiger charge is 2.17. The van der Waals surface area contributed by atoms with Gasteiger partial charge in [0.1, 0.15) is 0 Å². The van der Waals surface area contributed by atoms with Crippen molar-refractivity contribution in [2.75, 3.05) is 38.3 Å². The van der Waals surface area contributed by atoms with Crippen molar-refractivity contribution >= 4 is 24.1 Å². The average molecular weight is 315 g/mol. The number of aryl methyl sites for hydroxylation is 1. The first-order valence-electron chi connectivity index (χ1n) is 6.87. The molecule has 1 aliphatic rings. The summed E-state index contributed by atoms with van der Waals surface area (Å²) in [5.74, 6) is -0.286. The minimum Gasteiger partial charge on any atom is -0.469 e. The maximum absolute atomic E-state index is 11.3. The van der Waals surface area contributed by atoms with Crippen LogP contribution in [0, 0.1) is 6.92 Å². The van der Waals surface area contributed by atoms with E-state index in [2.05, 4.69) is 28.7 Å². The smallest absolute Gasteiger partial charge is 0.307 e. The van der Waals surface area contributed by atoms with Gasteiger partial charge < -0.3 is 20.1 Å². The third-order valence-electron chi connectivity index (χ3n) is 3.63. The highest BCUT2D eigenvalue weighted by Crippen LogP contribution is 2.26. The fourth-order valence-electron chi connectivity index (χ4n) is 2.38. The lowest BCUT2D eigenvalue weighted by Crippen LogP contribution is -2.36. The Labute approximate surface area is 131 Å². The molecule has 1 saturated heterocycles. The zero-order valence-corrected chi connectivity index (χ0v) is 13.3. The highest BCUT2D eigenvalue weighted by atomic mass is 35.5. The van der Waals surface area contributed by atoms with E-state index in [-0.39, 0.29) is 30.8 Å². The number of anilines is 1. The van der Waals surface area contributed by atoms with Gasteiger partial charge in [-0.2, -0.15) is 0 Å². The van der Waals surface area contributed by atoms with Crippen LogP contribution in [0.5, 0.6) is 0 Å². The Kier molecular flexibility index (Phi) is 6.95. The second-order valence-electron chi connectivity index (χ2n) is 5.03. The van der Waals surface area contributed by atoms with E-state index in [1.807, 2.05) is 6.07 Å². The topological polar surface area (TPSA) is 64.8 Å². The monoisotopic (exact) mass is 314 g/mol. The second-order valence-corrected chi connectivity index (χ2v) is 5.03. The Morgan fingerprint density at radius 1 is 1.43 bits per heavy atom. The summed E-state index contributed by atoms with van der Waals surface area (Å²) in [5.41, 5.74) is 9.42. The Bertz CT molecular complexity index is 476. The third-order valence-corrected chi connectivity index (χ3v) is 3.63. The van der Waals surface area contributed by atoms with Gasteiger partial charge in [-0.3, -0.25) is 4.79 Å². The fourth-order valence-corrected chi connectivity index (χ4v) is 2.38. The van der Waals surface area contributed by atoms with Crippen LogP contribution in [0.4, 0.5) is 5.69 Å². The van der Waals surface area contributed by atoms with Crippen LogP contribution in [0.1, 0.15) is 23.6 Å². The molecule has 1 aliphatic heterocycles. The minimum absolute atomic E-state index is 0. The molecule has 2 N–H and O–H groups in total. The number of methoxy groups -OCH3 is 1. The van der Waals surface area contributed by atoms with Crippen LogP contribution >= 0.6 is 12.4 Å². The van der Waals surface area contributed by atoms with Crippen molar-refractivity contribution in [2.24, 2.45) is 5.73 Å². The van der Waals surface area contributed by atoms with Gasteiger partial charge in [-0.15, -0.1) is 12.4 Å². The van der Waals surface area contributed by atoms with E-state index in [0.717, 1.165) is 31.9 Å². The maximum Gasteiger partial charge on any atom is 0.307 e. The van der Waals surface area contributed by atoms with Crippen molar-refractivity contribution in [1.29, 1.82) is 0 Å². The summed E-state index contributed by atoms with van der Waals surface area (Å²) in [6.07, 6.45) is 0.197. The first kappa shape index (κ1) is 17.8.